The van der Waals surface area contributed by atoms with Gasteiger partial charge in [0.1, 0.15) is 0 Å². The zero-order chi connectivity index (χ0) is 15.1. The van der Waals surface area contributed by atoms with Gasteiger partial charge in [0.15, 0.2) is 0 Å². The molecule has 4 nitrogen and oxygen atoms in total. The van der Waals surface area contributed by atoms with Gasteiger partial charge in [0, 0.05) is 13.2 Å². The molecule has 122 valence electrons. The van der Waals surface area contributed by atoms with E-state index in [1.165, 1.54) is 19.3 Å². The third-order valence-electron chi connectivity index (χ3n) is 3.27. The first kappa shape index (κ1) is 20.1. The van der Waals surface area contributed by atoms with Gasteiger partial charge in [-0.25, -0.2) is 0 Å². The SMILES string of the molecule is CCCCC(CC)[SiH](OCCOCC)OCCOCC. The summed E-state index contributed by atoms with van der Waals surface area (Å²) in [5.41, 5.74) is 0.596. The lowest BCUT2D eigenvalue weighted by Gasteiger charge is -2.24. The standard InChI is InChI=1S/C15H34O4Si/c1-5-9-10-15(6-2)20(18-13-11-16-7-3)19-14-12-17-8-4/h15,20H,5-14H2,1-4H3. The van der Waals surface area contributed by atoms with Gasteiger partial charge < -0.3 is 18.3 Å². The quantitative estimate of drug-likeness (QED) is 0.344. The van der Waals surface area contributed by atoms with E-state index in [-0.39, 0.29) is 0 Å². The Kier molecular flexibility index (Phi) is 15.5. The van der Waals surface area contributed by atoms with Crippen LogP contribution in [0.4, 0.5) is 0 Å². The van der Waals surface area contributed by atoms with Crippen molar-refractivity contribution in [1.29, 1.82) is 0 Å². The van der Waals surface area contributed by atoms with Crippen LogP contribution >= 0.6 is 0 Å². The third-order valence-corrected chi connectivity index (χ3v) is 5.97. The van der Waals surface area contributed by atoms with Crippen molar-refractivity contribution in [2.75, 3.05) is 39.6 Å². The minimum atomic E-state index is -1.63. The van der Waals surface area contributed by atoms with Gasteiger partial charge in [0.05, 0.1) is 26.4 Å². The summed E-state index contributed by atoms with van der Waals surface area (Å²) in [6.45, 7) is 12.6. The second-order valence-corrected chi connectivity index (χ2v) is 7.16. The molecule has 0 aromatic heterocycles. The van der Waals surface area contributed by atoms with Crippen molar-refractivity contribution < 1.29 is 18.3 Å². The maximum atomic E-state index is 6.01. The maximum absolute atomic E-state index is 6.01. The van der Waals surface area contributed by atoms with Gasteiger partial charge in [0.2, 0.25) is 0 Å². The van der Waals surface area contributed by atoms with Crippen molar-refractivity contribution in [3.05, 3.63) is 0 Å². The lowest BCUT2D eigenvalue weighted by molar-refractivity contribution is 0.0717. The van der Waals surface area contributed by atoms with Crippen LogP contribution in [0.25, 0.3) is 0 Å². The lowest BCUT2D eigenvalue weighted by atomic mass is 10.2. The molecule has 0 heterocycles. The average molecular weight is 307 g/mol. The number of hydrogen-bond donors (Lipinski definition) is 0. The Morgan fingerprint density at radius 2 is 1.35 bits per heavy atom. The molecule has 0 aromatic rings. The van der Waals surface area contributed by atoms with Crippen molar-refractivity contribution in [2.24, 2.45) is 0 Å². The second-order valence-electron chi connectivity index (χ2n) is 4.81. The van der Waals surface area contributed by atoms with E-state index in [0.717, 1.165) is 19.6 Å². The predicted octanol–water partition coefficient (Wildman–Crippen LogP) is 3.28. The summed E-state index contributed by atoms with van der Waals surface area (Å²) in [6, 6.07) is 0. The Morgan fingerprint density at radius 3 is 1.75 bits per heavy atom. The summed E-state index contributed by atoms with van der Waals surface area (Å²) in [6.07, 6.45) is 4.84. The van der Waals surface area contributed by atoms with Crippen LogP contribution in [0, 0.1) is 0 Å². The van der Waals surface area contributed by atoms with E-state index in [1.807, 2.05) is 13.8 Å². The molecule has 0 saturated carbocycles. The normalized spacial score (nSPS) is 13.1. The lowest BCUT2D eigenvalue weighted by Crippen LogP contribution is -2.32. The van der Waals surface area contributed by atoms with Crippen LogP contribution in [-0.4, -0.2) is 48.9 Å². The minimum absolute atomic E-state index is 0.596. The summed E-state index contributed by atoms with van der Waals surface area (Å²) in [7, 11) is -1.63. The predicted molar refractivity (Wildman–Crippen MR) is 85.6 cm³/mol. The van der Waals surface area contributed by atoms with Gasteiger partial charge in [0.25, 0.3) is 0 Å². The fraction of sp³-hybridized carbons (Fsp3) is 1.00. The van der Waals surface area contributed by atoms with Gasteiger partial charge in [-0.2, -0.15) is 0 Å². The smallest absolute Gasteiger partial charge is 0.324 e. The third kappa shape index (κ3) is 10.8. The summed E-state index contributed by atoms with van der Waals surface area (Å²) < 4.78 is 22.7. The van der Waals surface area contributed by atoms with E-state index in [2.05, 4.69) is 13.8 Å². The number of hydrogen-bond acceptors (Lipinski definition) is 4. The fourth-order valence-electron chi connectivity index (χ4n) is 2.05. The largest absolute Gasteiger partial charge is 0.394 e. The molecule has 0 N–H and O–H groups in total. The van der Waals surface area contributed by atoms with Gasteiger partial charge in [-0.3, -0.25) is 0 Å². The van der Waals surface area contributed by atoms with Crippen LogP contribution in [-0.2, 0) is 18.3 Å². The summed E-state index contributed by atoms with van der Waals surface area (Å²) in [4.78, 5) is 0. The van der Waals surface area contributed by atoms with Crippen molar-refractivity contribution in [2.45, 2.75) is 58.9 Å². The van der Waals surface area contributed by atoms with Gasteiger partial charge in [-0.05, 0) is 25.8 Å². The van der Waals surface area contributed by atoms with Crippen LogP contribution in [0.3, 0.4) is 0 Å². The highest BCUT2D eigenvalue weighted by molar-refractivity contribution is 6.46. The molecule has 0 fully saturated rings. The van der Waals surface area contributed by atoms with Crippen LogP contribution in [0.1, 0.15) is 53.4 Å². The molecule has 1 unspecified atom stereocenters. The highest BCUT2D eigenvalue weighted by Crippen LogP contribution is 2.24. The zero-order valence-electron chi connectivity index (χ0n) is 13.9. The number of rotatable bonds is 15. The summed E-state index contributed by atoms with van der Waals surface area (Å²) in [5.74, 6) is 0. The van der Waals surface area contributed by atoms with E-state index in [9.17, 15) is 0 Å². The molecule has 0 rings (SSSR count). The zero-order valence-corrected chi connectivity index (χ0v) is 15.0. The molecule has 20 heavy (non-hydrogen) atoms. The Morgan fingerprint density at radius 1 is 0.800 bits per heavy atom. The van der Waals surface area contributed by atoms with Crippen LogP contribution in [0.15, 0.2) is 0 Å². The number of ether oxygens (including phenoxy) is 2. The first-order valence-corrected chi connectivity index (χ1v) is 9.79. The molecule has 0 aromatic carbocycles. The molecule has 5 heteroatoms. The van der Waals surface area contributed by atoms with Crippen LogP contribution < -0.4 is 0 Å². The number of unbranched alkanes of at least 4 members (excludes halogenated alkanes) is 1. The topological polar surface area (TPSA) is 36.9 Å². The minimum Gasteiger partial charge on any atom is -0.394 e. The van der Waals surface area contributed by atoms with E-state index in [1.54, 1.807) is 0 Å². The van der Waals surface area contributed by atoms with Gasteiger partial charge >= 0.3 is 9.28 Å². The van der Waals surface area contributed by atoms with Crippen LogP contribution in [0.5, 0.6) is 0 Å². The molecular formula is C15H34O4Si. The average Bonchev–Trinajstić information content (AvgIpc) is 2.47. The molecule has 0 bridgehead atoms. The van der Waals surface area contributed by atoms with Gasteiger partial charge in [-0.1, -0.05) is 33.1 Å². The molecule has 0 saturated heterocycles. The van der Waals surface area contributed by atoms with Gasteiger partial charge in [-0.15, -0.1) is 0 Å². The maximum Gasteiger partial charge on any atom is 0.324 e. The Labute approximate surface area is 127 Å². The summed E-state index contributed by atoms with van der Waals surface area (Å²) in [5, 5.41) is 0. The van der Waals surface area contributed by atoms with Crippen LogP contribution in [0.2, 0.25) is 5.54 Å². The molecular weight excluding hydrogens is 272 g/mol. The first-order chi connectivity index (χ1) is 9.79. The van der Waals surface area contributed by atoms with E-state index in [4.69, 9.17) is 18.3 Å². The first-order valence-electron chi connectivity index (χ1n) is 8.18. The molecule has 0 radical (unpaired) electrons. The van der Waals surface area contributed by atoms with E-state index >= 15 is 0 Å². The molecule has 0 spiro atoms. The Balaban J connectivity index is 4.11. The molecule has 0 aliphatic heterocycles. The molecule has 0 aliphatic rings. The monoisotopic (exact) mass is 306 g/mol. The fourth-order valence-corrected chi connectivity index (χ4v) is 4.24. The Bertz CT molecular complexity index is 181. The molecule has 0 amide bonds. The highest BCUT2D eigenvalue weighted by Gasteiger charge is 2.24. The van der Waals surface area contributed by atoms with Crippen molar-refractivity contribution >= 4 is 9.28 Å². The molecule has 1 atom stereocenters. The van der Waals surface area contributed by atoms with Crippen molar-refractivity contribution in [1.82, 2.24) is 0 Å². The Hall–Kier alpha value is 0.0569. The van der Waals surface area contributed by atoms with E-state index < -0.39 is 9.28 Å². The second kappa shape index (κ2) is 15.4. The van der Waals surface area contributed by atoms with E-state index in [0.29, 0.717) is 32.0 Å². The van der Waals surface area contributed by atoms with Crippen molar-refractivity contribution in [3.63, 3.8) is 0 Å². The molecule has 0 aliphatic carbocycles. The summed E-state index contributed by atoms with van der Waals surface area (Å²) >= 11 is 0. The highest BCUT2D eigenvalue weighted by atomic mass is 28.3. The van der Waals surface area contributed by atoms with Crippen molar-refractivity contribution in [3.8, 4) is 0 Å².